The van der Waals surface area contributed by atoms with Crippen LogP contribution in [-0.4, -0.2) is 31.5 Å². The second kappa shape index (κ2) is 11.8. The Hall–Kier alpha value is -6.03. The number of nitro groups is 2. The SMILES string of the molecule is O=C(c1cc(-c2ccccc2)nc2ccccc12)N1N=C2/C(=C/c3ccc([N+](=O)[O-])cc3)CCC[C@H]2[C@@H]1c1ccc([N+](=O)[O-])cc1. The summed E-state index contributed by atoms with van der Waals surface area (Å²) >= 11 is 0. The molecule has 2 heterocycles. The van der Waals surface area contributed by atoms with Crippen LogP contribution in [0, 0.1) is 26.1 Å². The molecule has 5 aromatic rings. The molecular formula is C36H27N5O5. The summed E-state index contributed by atoms with van der Waals surface area (Å²) in [4.78, 5) is 41.3. The average Bonchev–Trinajstić information content (AvgIpc) is 3.49. The van der Waals surface area contributed by atoms with Crippen molar-refractivity contribution in [3.05, 3.63) is 152 Å². The highest BCUT2D eigenvalue weighted by Crippen LogP contribution is 2.45. The predicted octanol–water partition coefficient (Wildman–Crippen LogP) is 8.16. The van der Waals surface area contributed by atoms with E-state index in [1.807, 2.05) is 66.7 Å². The van der Waals surface area contributed by atoms with Gasteiger partial charge in [-0.05, 0) is 66.3 Å². The monoisotopic (exact) mass is 609 g/mol. The van der Waals surface area contributed by atoms with Crippen molar-refractivity contribution in [3.63, 3.8) is 0 Å². The van der Waals surface area contributed by atoms with E-state index in [2.05, 4.69) is 0 Å². The number of amides is 1. The molecule has 7 rings (SSSR count). The smallest absolute Gasteiger partial charge is 0.267 e. The maximum absolute atomic E-state index is 14.7. The Morgan fingerprint density at radius 2 is 1.48 bits per heavy atom. The normalized spacial score (nSPS) is 18.3. The summed E-state index contributed by atoms with van der Waals surface area (Å²) in [5.41, 5.74) is 5.95. The third-order valence-corrected chi connectivity index (χ3v) is 8.62. The minimum Gasteiger partial charge on any atom is -0.267 e. The van der Waals surface area contributed by atoms with Crippen molar-refractivity contribution in [2.45, 2.75) is 25.3 Å². The lowest BCUT2D eigenvalue weighted by molar-refractivity contribution is -0.385. The van der Waals surface area contributed by atoms with Crippen LogP contribution in [0.5, 0.6) is 0 Å². The lowest BCUT2D eigenvalue weighted by atomic mass is 9.77. The Morgan fingerprint density at radius 1 is 0.826 bits per heavy atom. The second-order valence-corrected chi connectivity index (χ2v) is 11.4. The molecule has 1 amide bonds. The summed E-state index contributed by atoms with van der Waals surface area (Å²) in [7, 11) is 0. The number of pyridine rings is 1. The third-order valence-electron chi connectivity index (χ3n) is 8.62. The van der Waals surface area contributed by atoms with Crippen LogP contribution in [0.15, 0.2) is 120 Å². The zero-order chi connectivity index (χ0) is 31.8. The number of carbonyl (C=O) groups excluding carboxylic acids is 1. The van der Waals surface area contributed by atoms with Gasteiger partial charge in [0.25, 0.3) is 17.3 Å². The van der Waals surface area contributed by atoms with Crippen LogP contribution in [0.25, 0.3) is 28.2 Å². The Bertz CT molecular complexity index is 2060. The number of allylic oxidation sites excluding steroid dienone is 1. The number of aromatic nitrogens is 1. The van der Waals surface area contributed by atoms with Gasteiger partial charge in [0.2, 0.25) is 0 Å². The summed E-state index contributed by atoms with van der Waals surface area (Å²) in [6, 6.07) is 31.2. The molecule has 226 valence electrons. The molecule has 2 aliphatic rings. The number of non-ortho nitro benzene ring substituents is 2. The number of nitro benzene ring substituents is 2. The molecule has 1 aliphatic carbocycles. The van der Waals surface area contributed by atoms with E-state index in [-0.39, 0.29) is 23.2 Å². The van der Waals surface area contributed by atoms with Crippen molar-refractivity contribution in [2.75, 3.05) is 0 Å². The van der Waals surface area contributed by atoms with Crippen molar-refractivity contribution >= 4 is 40.0 Å². The fraction of sp³-hybridized carbons (Fsp3) is 0.139. The van der Waals surface area contributed by atoms with Crippen LogP contribution in [0.1, 0.15) is 46.8 Å². The zero-order valence-corrected chi connectivity index (χ0v) is 24.5. The largest absolute Gasteiger partial charge is 0.275 e. The molecule has 0 spiro atoms. The molecule has 1 aromatic heterocycles. The van der Waals surface area contributed by atoms with E-state index in [9.17, 15) is 25.0 Å². The van der Waals surface area contributed by atoms with E-state index in [0.717, 1.165) is 47.2 Å². The van der Waals surface area contributed by atoms with Crippen LogP contribution in [0.3, 0.4) is 0 Å². The number of nitrogens with zero attached hydrogens (tertiary/aromatic N) is 5. The maximum atomic E-state index is 14.7. The highest BCUT2D eigenvalue weighted by atomic mass is 16.6. The minimum atomic E-state index is -0.490. The quantitative estimate of drug-likeness (QED) is 0.141. The number of hydrogen-bond donors (Lipinski definition) is 0. The number of hydrogen-bond acceptors (Lipinski definition) is 7. The predicted molar refractivity (Wildman–Crippen MR) is 175 cm³/mol. The highest BCUT2D eigenvalue weighted by Gasteiger charge is 2.44. The first kappa shape index (κ1) is 28.7. The van der Waals surface area contributed by atoms with E-state index in [4.69, 9.17) is 10.1 Å². The van der Waals surface area contributed by atoms with Gasteiger partial charge in [0.05, 0.1) is 38.4 Å². The Labute approximate surface area is 263 Å². The van der Waals surface area contributed by atoms with Gasteiger partial charge < -0.3 is 0 Å². The van der Waals surface area contributed by atoms with Crippen molar-refractivity contribution < 1.29 is 14.6 Å². The first-order chi connectivity index (χ1) is 22.4. The highest BCUT2D eigenvalue weighted by molar-refractivity contribution is 6.12. The lowest BCUT2D eigenvalue weighted by Gasteiger charge is -2.30. The van der Waals surface area contributed by atoms with Crippen LogP contribution in [0.4, 0.5) is 11.4 Å². The molecule has 1 aliphatic heterocycles. The van der Waals surface area contributed by atoms with Gasteiger partial charge in [0, 0.05) is 41.1 Å². The number of rotatable bonds is 6. The van der Waals surface area contributed by atoms with Gasteiger partial charge in [-0.25, -0.2) is 9.99 Å². The van der Waals surface area contributed by atoms with Crippen LogP contribution in [0.2, 0.25) is 0 Å². The van der Waals surface area contributed by atoms with Crippen molar-refractivity contribution in [3.8, 4) is 11.3 Å². The number of para-hydroxylation sites is 1. The van der Waals surface area contributed by atoms with E-state index in [1.54, 1.807) is 24.3 Å². The summed E-state index contributed by atoms with van der Waals surface area (Å²) in [5.74, 6) is -0.444. The molecule has 10 nitrogen and oxygen atoms in total. The summed E-state index contributed by atoms with van der Waals surface area (Å²) in [6.07, 6.45) is 4.33. The number of carbonyl (C=O) groups is 1. The molecule has 1 fully saturated rings. The molecule has 0 radical (unpaired) electrons. The summed E-state index contributed by atoms with van der Waals surface area (Å²) in [5, 5.41) is 29.8. The van der Waals surface area contributed by atoms with Gasteiger partial charge in [-0.1, -0.05) is 60.7 Å². The van der Waals surface area contributed by atoms with E-state index in [0.29, 0.717) is 22.2 Å². The third kappa shape index (κ3) is 5.30. The molecule has 0 bridgehead atoms. The maximum Gasteiger partial charge on any atom is 0.275 e. The van der Waals surface area contributed by atoms with Crippen molar-refractivity contribution in [1.29, 1.82) is 0 Å². The van der Waals surface area contributed by atoms with Crippen molar-refractivity contribution in [2.24, 2.45) is 11.0 Å². The number of fused-ring (bicyclic) bond motifs is 2. The van der Waals surface area contributed by atoms with Gasteiger partial charge in [0.15, 0.2) is 0 Å². The van der Waals surface area contributed by atoms with Crippen molar-refractivity contribution in [1.82, 2.24) is 9.99 Å². The Morgan fingerprint density at radius 3 is 2.17 bits per heavy atom. The Kier molecular flexibility index (Phi) is 7.38. The van der Waals surface area contributed by atoms with Gasteiger partial charge in [0.1, 0.15) is 0 Å². The van der Waals surface area contributed by atoms with Gasteiger partial charge in [-0.15, -0.1) is 0 Å². The van der Waals surface area contributed by atoms with Gasteiger partial charge in [-0.3, -0.25) is 25.0 Å². The number of hydrazone groups is 1. The molecule has 0 unspecified atom stereocenters. The molecular weight excluding hydrogens is 582 g/mol. The second-order valence-electron chi connectivity index (χ2n) is 11.4. The molecule has 0 saturated heterocycles. The molecule has 10 heteroatoms. The fourth-order valence-electron chi connectivity index (χ4n) is 6.42. The first-order valence-corrected chi connectivity index (χ1v) is 14.9. The Balaban J connectivity index is 1.35. The van der Waals surface area contributed by atoms with Gasteiger partial charge in [-0.2, -0.15) is 5.10 Å². The van der Waals surface area contributed by atoms with Crippen LogP contribution in [-0.2, 0) is 0 Å². The molecule has 0 N–H and O–H groups in total. The standard InChI is InChI=1S/C36H27N5O5/c42-36(31-22-33(24-7-2-1-3-8-24)37-32-12-5-4-10-29(31)32)39-35(25-15-19-28(20-16-25)41(45)46)30-11-6-9-26(34(30)38-39)21-23-13-17-27(18-14-23)40(43)44/h1-5,7-8,10,12-22,30,35H,6,9,11H2/b26-21+/t30-,35+/m1/s1. The summed E-state index contributed by atoms with van der Waals surface area (Å²) in [6.45, 7) is 0. The fourth-order valence-corrected chi connectivity index (χ4v) is 6.42. The molecule has 2 atom stereocenters. The van der Waals surface area contributed by atoms with E-state index < -0.39 is 15.9 Å². The average molecular weight is 610 g/mol. The van der Waals surface area contributed by atoms with E-state index in [1.165, 1.54) is 29.3 Å². The van der Waals surface area contributed by atoms with E-state index >= 15 is 0 Å². The minimum absolute atomic E-state index is 0.0105. The number of benzene rings is 4. The van der Waals surface area contributed by atoms with Gasteiger partial charge >= 0.3 is 0 Å². The van der Waals surface area contributed by atoms with Crippen LogP contribution < -0.4 is 0 Å². The first-order valence-electron chi connectivity index (χ1n) is 14.9. The lowest BCUT2D eigenvalue weighted by Crippen LogP contribution is -2.32. The molecule has 46 heavy (non-hydrogen) atoms. The zero-order valence-electron chi connectivity index (χ0n) is 24.5. The molecule has 4 aromatic carbocycles. The summed E-state index contributed by atoms with van der Waals surface area (Å²) < 4.78 is 0. The topological polar surface area (TPSA) is 132 Å². The van der Waals surface area contributed by atoms with Crippen LogP contribution >= 0.6 is 0 Å². The molecule has 1 saturated carbocycles.